The summed E-state index contributed by atoms with van der Waals surface area (Å²) < 4.78 is 0. The van der Waals surface area contributed by atoms with Crippen LogP contribution in [0.5, 0.6) is 0 Å². The number of allylic oxidation sites excluding steroid dienone is 2. The van der Waals surface area contributed by atoms with Crippen molar-refractivity contribution in [2.75, 3.05) is 0 Å². The third-order valence-corrected chi connectivity index (χ3v) is 4.96. The largest absolute Gasteiger partial charge is 0.481 e. The van der Waals surface area contributed by atoms with Crippen molar-refractivity contribution < 1.29 is 9.90 Å². The molecule has 3 unspecified atom stereocenters. The van der Waals surface area contributed by atoms with Crippen LogP contribution in [0.2, 0.25) is 0 Å². The second kappa shape index (κ2) is 3.10. The minimum absolute atomic E-state index is 0.395. The lowest BCUT2D eigenvalue weighted by Gasteiger charge is -2.46. The van der Waals surface area contributed by atoms with Gasteiger partial charge in [0.05, 0.1) is 0 Å². The molecular formula is C13H18O2. The zero-order valence-corrected chi connectivity index (χ0v) is 9.15. The Morgan fingerprint density at radius 1 is 1.53 bits per heavy atom. The van der Waals surface area contributed by atoms with Gasteiger partial charge in [-0.3, -0.25) is 4.79 Å². The van der Waals surface area contributed by atoms with Gasteiger partial charge in [-0.1, -0.05) is 18.6 Å². The summed E-state index contributed by atoms with van der Waals surface area (Å²) in [6, 6.07) is 0. The summed E-state index contributed by atoms with van der Waals surface area (Å²) in [4.78, 5) is 10.8. The second-order valence-electron chi connectivity index (χ2n) is 5.36. The van der Waals surface area contributed by atoms with E-state index in [1.165, 1.54) is 19.3 Å². The van der Waals surface area contributed by atoms with E-state index in [0.717, 1.165) is 17.8 Å². The first kappa shape index (κ1) is 9.44. The number of hydrogen-bond donors (Lipinski definition) is 1. The third-order valence-electron chi connectivity index (χ3n) is 4.96. The molecule has 2 saturated carbocycles. The number of carboxylic acid groups (broad SMARTS) is 1. The molecule has 0 aromatic heterocycles. The summed E-state index contributed by atoms with van der Waals surface area (Å²) >= 11 is 0. The van der Waals surface area contributed by atoms with Crippen LogP contribution in [0, 0.1) is 29.6 Å². The molecule has 2 nitrogen and oxygen atoms in total. The quantitative estimate of drug-likeness (QED) is 0.721. The lowest BCUT2D eigenvalue weighted by atomic mass is 9.58. The average Bonchev–Trinajstić information content (AvgIpc) is 2.66. The van der Waals surface area contributed by atoms with Gasteiger partial charge in [-0.2, -0.15) is 0 Å². The van der Waals surface area contributed by atoms with Crippen LogP contribution in [0.25, 0.3) is 0 Å². The molecular weight excluding hydrogens is 188 g/mol. The molecule has 0 aromatic carbocycles. The first-order chi connectivity index (χ1) is 7.22. The highest BCUT2D eigenvalue weighted by Crippen LogP contribution is 2.65. The van der Waals surface area contributed by atoms with Crippen LogP contribution in [0.3, 0.4) is 0 Å². The smallest absolute Gasteiger partial charge is 0.303 e. The van der Waals surface area contributed by atoms with Gasteiger partial charge < -0.3 is 5.11 Å². The number of hydrogen-bond acceptors (Lipinski definition) is 1. The van der Waals surface area contributed by atoms with Gasteiger partial charge in [0.2, 0.25) is 0 Å². The van der Waals surface area contributed by atoms with Crippen molar-refractivity contribution in [2.45, 2.75) is 32.6 Å². The zero-order chi connectivity index (χ0) is 10.6. The van der Waals surface area contributed by atoms with Gasteiger partial charge in [0.25, 0.3) is 0 Å². The van der Waals surface area contributed by atoms with E-state index in [-0.39, 0.29) is 0 Å². The predicted octanol–water partition coefficient (Wildman–Crippen LogP) is 2.70. The fourth-order valence-corrected chi connectivity index (χ4v) is 4.44. The summed E-state index contributed by atoms with van der Waals surface area (Å²) in [6.45, 7) is 2.23. The minimum Gasteiger partial charge on any atom is -0.481 e. The molecule has 0 aliphatic heterocycles. The Bertz CT molecular complexity index is 331. The third kappa shape index (κ3) is 1.14. The normalized spacial score (nSPS) is 45.9. The summed E-state index contributed by atoms with van der Waals surface area (Å²) in [7, 11) is 0. The molecule has 0 aromatic rings. The lowest BCUT2D eigenvalue weighted by molar-refractivity contribution is -0.141. The molecule has 5 atom stereocenters. The van der Waals surface area contributed by atoms with Crippen LogP contribution in [0.4, 0.5) is 0 Å². The van der Waals surface area contributed by atoms with Crippen molar-refractivity contribution in [3.05, 3.63) is 11.6 Å². The van der Waals surface area contributed by atoms with Crippen molar-refractivity contribution in [3.63, 3.8) is 0 Å². The fourth-order valence-electron chi connectivity index (χ4n) is 4.44. The number of carbonyl (C=O) groups is 1. The van der Waals surface area contributed by atoms with Crippen molar-refractivity contribution in [1.29, 1.82) is 0 Å². The first-order valence-corrected chi connectivity index (χ1v) is 6.14. The molecule has 2 fully saturated rings. The van der Waals surface area contributed by atoms with Gasteiger partial charge in [0.15, 0.2) is 0 Å². The van der Waals surface area contributed by atoms with Gasteiger partial charge in [-0.15, -0.1) is 0 Å². The minimum atomic E-state index is -0.611. The molecule has 0 saturated heterocycles. The molecule has 15 heavy (non-hydrogen) atoms. The summed E-state index contributed by atoms with van der Waals surface area (Å²) in [5, 5.41) is 8.90. The topological polar surface area (TPSA) is 37.3 Å². The summed E-state index contributed by atoms with van der Waals surface area (Å²) in [5.74, 6) is 2.87. The van der Waals surface area contributed by atoms with E-state index in [2.05, 4.69) is 13.0 Å². The maximum atomic E-state index is 10.8. The maximum Gasteiger partial charge on any atom is 0.303 e. The van der Waals surface area contributed by atoms with Crippen LogP contribution in [-0.2, 0) is 4.79 Å². The van der Waals surface area contributed by atoms with Crippen LogP contribution in [0.1, 0.15) is 32.6 Å². The Morgan fingerprint density at radius 2 is 2.33 bits per heavy atom. The van der Waals surface area contributed by atoms with Crippen LogP contribution in [-0.4, -0.2) is 11.1 Å². The number of carboxylic acids is 1. The van der Waals surface area contributed by atoms with Crippen LogP contribution < -0.4 is 0 Å². The molecule has 3 aliphatic carbocycles. The van der Waals surface area contributed by atoms with Crippen molar-refractivity contribution in [3.8, 4) is 0 Å². The van der Waals surface area contributed by atoms with Gasteiger partial charge in [0, 0.05) is 6.42 Å². The molecule has 0 bridgehead atoms. The zero-order valence-electron chi connectivity index (χ0n) is 9.15. The summed E-state index contributed by atoms with van der Waals surface area (Å²) in [6.07, 6.45) is 6.58. The molecule has 2 heteroatoms. The monoisotopic (exact) mass is 206 g/mol. The lowest BCUT2D eigenvalue weighted by Crippen LogP contribution is -2.43. The SMILES string of the molecule is CCC1=CC2C(CC(=O)O)[C@H]3CCC1[C@@H]23. The van der Waals surface area contributed by atoms with Crippen molar-refractivity contribution >= 4 is 5.97 Å². The van der Waals surface area contributed by atoms with E-state index in [0.29, 0.717) is 18.3 Å². The Kier molecular flexibility index (Phi) is 1.95. The molecule has 3 aliphatic rings. The molecule has 82 valence electrons. The van der Waals surface area contributed by atoms with E-state index < -0.39 is 5.97 Å². The fraction of sp³-hybridized carbons (Fsp3) is 0.769. The molecule has 0 amide bonds. The molecule has 1 N–H and O–H groups in total. The predicted molar refractivity (Wildman–Crippen MR) is 57.3 cm³/mol. The van der Waals surface area contributed by atoms with Crippen LogP contribution in [0.15, 0.2) is 11.6 Å². The molecule has 3 rings (SSSR count). The van der Waals surface area contributed by atoms with Crippen molar-refractivity contribution in [1.82, 2.24) is 0 Å². The number of aliphatic carboxylic acids is 1. The van der Waals surface area contributed by atoms with Gasteiger partial charge in [-0.05, 0) is 48.9 Å². The standard InChI is InChI=1S/C13H18O2/c1-2-7-5-11-10(6-12(14)15)9-4-3-8(7)13(9)11/h5,8-11,13H,2-4,6H2,1H3,(H,14,15)/t8?,9-,10?,11?,13-/m1/s1. The molecule has 0 spiro atoms. The van der Waals surface area contributed by atoms with Gasteiger partial charge >= 0.3 is 5.97 Å². The Hall–Kier alpha value is -0.790. The van der Waals surface area contributed by atoms with E-state index >= 15 is 0 Å². The average molecular weight is 206 g/mol. The second-order valence-corrected chi connectivity index (χ2v) is 5.36. The molecule has 0 radical (unpaired) electrons. The Balaban J connectivity index is 1.81. The van der Waals surface area contributed by atoms with Crippen LogP contribution >= 0.6 is 0 Å². The number of rotatable bonds is 3. The maximum absolute atomic E-state index is 10.8. The van der Waals surface area contributed by atoms with E-state index in [9.17, 15) is 4.79 Å². The first-order valence-electron chi connectivity index (χ1n) is 6.14. The Morgan fingerprint density at radius 3 is 3.00 bits per heavy atom. The van der Waals surface area contributed by atoms with E-state index in [1.807, 2.05) is 0 Å². The highest BCUT2D eigenvalue weighted by Gasteiger charge is 2.59. The van der Waals surface area contributed by atoms with Gasteiger partial charge in [-0.25, -0.2) is 0 Å². The van der Waals surface area contributed by atoms with E-state index in [1.54, 1.807) is 5.57 Å². The highest BCUT2D eigenvalue weighted by atomic mass is 16.4. The highest BCUT2D eigenvalue weighted by molar-refractivity contribution is 5.67. The summed E-state index contributed by atoms with van der Waals surface area (Å²) in [5.41, 5.74) is 1.63. The Labute approximate surface area is 90.4 Å². The molecule has 0 heterocycles. The van der Waals surface area contributed by atoms with E-state index in [4.69, 9.17) is 5.11 Å². The van der Waals surface area contributed by atoms with Crippen molar-refractivity contribution in [2.24, 2.45) is 29.6 Å². The van der Waals surface area contributed by atoms with Gasteiger partial charge in [0.1, 0.15) is 0 Å².